The Morgan fingerprint density at radius 3 is 2.33 bits per heavy atom. The highest BCUT2D eigenvalue weighted by atomic mass is 32.2. The van der Waals surface area contributed by atoms with Crippen molar-refractivity contribution in [3.63, 3.8) is 0 Å². The number of nitro benzene ring substituents is 1. The average molecular weight is 511 g/mol. The van der Waals surface area contributed by atoms with Crippen LogP contribution in [0.5, 0.6) is 0 Å². The molecule has 10 heteroatoms. The predicted molar refractivity (Wildman–Crippen MR) is 138 cm³/mol. The lowest BCUT2D eigenvalue weighted by molar-refractivity contribution is -0.385. The third kappa shape index (κ3) is 6.45. The molecule has 0 unspecified atom stereocenters. The van der Waals surface area contributed by atoms with E-state index in [1.54, 1.807) is 6.08 Å². The van der Waals surface area contributed by atoms with E-state index in [2.05, 4.69) is 5.10 Å². The summed E-state index contributed by atoms with van der Waals surface area (Å²) in [5.41, 5.74) is 4.20. The predicted octanol–water partition coefficient (Wildman–Crippen LogP) is 4.94. The number of benzene rings is 2. The fourth-order valence-electron chi connectivity index (χ4n) is 3.76. The van der Waals surface area contributed by atoms with Crippen LogP contribution in [-0.4, -0.2) is 29.0 Å². The van der Waals surface area contributed by atoms with Crippen molar-refractivity contribution < 1.29 is 18.1 Å². The summed E-state index contributed by atoms with van der Waals surface area (Å²) in [5.74, 6) is -0.883. The second-order valence-corrected chi connectivity index (χ2v) is 11.6. The number of sulfonamides is 1. The van der Waals surface area contributed by atoms with E-state index < -0.39 is 26.5 Å². The molecule has 0 aliphatic heterocycles. The van der Waals surface area contributed by atoms with Gasteiger partial charge in [-0.05, 0) is 61.1 Å². The highest BCUT2D eigenvalue weighted by Crippen LogP contribution is 2.22. The quantitative estimate of drug-likeness (QED) is 0.354. The summed E-state index contributed by atoms with van der Waals surface area (Å²) in [4.78, 5) is 23.2. The molecule has 190 valence electrons. The minimum Gasteiger partial charge on any atom is -0.266 e. The van der Waals surface area contributed by atoms with E-state index in [0.29, 0.717) is 5.69 Å². The Kier molecular flexibility index (Phi) is 7.49. The van der Waals surface area contributed by atoms with Gasteiger partial charge in [0.15, 0.2) is 0 Å². The Bertz CT molecular complexity index is 1440. The monoisotopic (exact) mass is 510 g/mol. The first kappa shape index (κ1) is 26.8. The molecule has 3 rings (SSSR count). The maximum absolute atomic E-state index is 13.2. The molecule has 1 amide bonds. The summed E-state index contributed by atoms with van der Waals surface area (Å²) in [6.07, 6.45) is 3.74. The third-order valence-electron chi connectivity index (χ3n) is 5.50. The number of allylic oxidation sites excluding steroid dienone is 1. The Morgan fingerprint density at radius 1 is 1.11 bits per heavy atom. The van der Waals surface area contributed by atoms with Gasteiger partial charge in [-0.1, -0.05) is 50.6 Å². The molecule has 9 nitrogen and oxygen atoms in total. The van der Waals surface area contributed by atoms with Gasteiger partial charge >= 0.3 is 0 Å². The third-order valence-corrected chi connectivity index (χ3v) is 6.83. The normalized spacial score (nSPS) is 12.2. The van der Waals surface area contributed by atoms with E-state index >= 15 is 0 Å². The van der Waals surface area contributed by atoms with Crippen molar-refractivity contribution in [1.29, 1.82) is 0 Å². The van der Waals surface area contributed by atoms with Gasteiger partial charge in [0, 0.05) is 12.1 Å². The zero-order chi connectivity index (χ0) is 26.8. The van der Waals surface area contributed by atoms with Crippen LogP contribution in [0.4, 0.5) is 5.69 Å². The summed E-state index contributed by atoms with van der Waals surface area (Å²) in [5, 5.41) is 15.6. The molecule has 3 aromatic rings. The lowest BCUT2D eigenvalue weighted by Crippen LogP contribution is -2.32. The van der Waals surface area contributed by atoms with E-state index in [-0.39, 0.29) is 22.5 Å². The SMILES string of the molecule is Cc1cc(C)c(Cn2nc(C=CC(C)(C)C)cc2C(=O)NS(=O)(=O)c2cccc([N+](=O)[O-])c2)c(C)c1. The van der Waals surface area contributed by atoms with E-state index in [9.17, 15) is 23.3 Å². The lowest BCUT2D eigenvalue weighted by atomic mass is 9.96. The number of nitrogens with zero attached hydrogens (tertiary/aromatic N) is 3. The average Bonchev–Trinajstić information content (AvgIpc) is 3.17. The number of carbonyl (C=O) groups is 1. The highest BCUT2D eigenvalue weighted by Gasteiger charge is 2.24. The fourth-order valence-corrected chi connectivity index (χ4v) is 4.76. The Labute approximate surface area is 211 Å². The van der Waals surface area contributed by atoms with Crippen molar-refractivity contribution in [2.24, 2.45) is 5.41 Å². The van der Waals surface area contributed by atoms with Crippen LogP contribution < -0.4 is 4.72 Å². The molecule has 0 bridgehead atoms. The second kappa shape index (κ2) is 10.1. The standard InChI is InChI=1S/C26H30N4O5S/c1-17-12-18(2)23(19(3)13-17)16-29-24(14-20(27-29)10-11-26(4,5)6)25(31)28-36(34,35)22-9-7-8-21(15-22)30(32)33/h7-15H,16H2,1-6H3,(H,28,31). The van der Waals surface area contributed by atoms with Crippen LogP contribution in [0.3, 0.4) is 0 Å². The number of nitro groups is 1. The zero-order valence-corrected chi connectivity index (χ0v) is 22.0. The topological polar surface area (TPSA) is 124 Å². The largest absolute Gasteiger partial charge is 0.283 e. The zero-order valence-electron chi connectivity index (χ0n) is 21.2. The molecule has 0 aliphatic carbocycles. The van der Waals surface area contributed by atoms with Gasteiger partial charge in [0.05, 0.1) is 22.1 Å². The van der Waals surface area contributed by atoms with Gasteiger partial charge in [-0.2, -0.15) is 5.10 Å². The number of nitrogens with one attached hydrogen (secondary N) is 1. The van der Waals surface area contributed by atoms with Crippen molar-refractivity contribution in [2.75, 3.05) is 0 Å². The number of aromatic nitrogens is 2. The maximum Gasteiger partial charge on any atom is 0.283 e. The van der Waals surface area contributed by atoms with Gasteiger partial charge in [0.25, 0.3) is 21.6 Å². The van der Waals surface area contributed by atoms with Gasteiger partial charge in [-0.15, -0.1) is 0 Å². The first-order valence-corrected chi connectivity index (χ1v) is 12.8. The molecular formula is C26H30N4O5S. The van der Waals surface area contributed by atoms with Gasteiger partial charge < -0.3 is 0 Å². The molecular weight excluding hydrogens is 480 g/mol. The molecule has 0 radical (unpaired) electrons. The Hall–Kier alpha value is -3.79. The molecule has 36 heavy (non-hydrogen) atoms. The number of hydrogen-bond donors (Lipinski definition) is 1. The Morgan fingerprint density at radius 2 is 1.75 bits per heavy atom. The van der Waals surface area contributed by atoms with Gasteiger partial charge in [-0.25, -0.2) is 13.1 Å². The van der Waals surface area contributed by atoms with Crippen molar-refractivity contribution in [3.8, 4) is 0 Å². The smallest absolute Gasteiger partial charge is 0.266 e. The number of rotatable bonds is 7. The molecule has 0 saturated carbocycles. The molecule has 0 fully saturated rings. The van der Waals surface area contributed by atoms with Crippen LogP contribution >= 0.6 is 0 Å². The maximum atomic E-state index is 13.2. The van der Waals surface area contributed by atoms with E-state index in [1.807, 2.05) is 64.5 Å². The van der Waals surface area contributed by atoms with Crippen molar-refractivity contribution >= 4 is 27.7 Å². The first-order chi connectivity index (χ1) is 16.7. The number of hydrogen-bond acceptors (Lipinski definition) is 6. The lowest BCUT2D eigenvalue weighted by Gasteiger charge is -2.14. The fraction of sp³-hybridized carbons (Fsp3) is 0.308. The molecule has 0 spiro atoms. The number of amides is 1. The first-order valence-electron chi connectivity index (χ1n) is 11.3. The van der Waals surface area contributed by atoms with Crippen LogP contribution in [0.15, 0.2) is 53.4 Å². The summed E-state index contributed by atoms with van der Waals surface area (Å²) in [7, 11) is -4.36. The van der Waals surface area contributed by atoms with Crippen LogP contribution in [0, 0.1) is 36.3 Å². The number of non-ortho nitro benzene ring substituents is 1. The van der Waals surface area contributed by atoms with Crippen LogP contribution in [0.1, 0.15) is 59.2 Å². The number of carbonyl (C=O) groups excluding carboxylic acids is 1. The molecule has 0 saturated heterocycles. The van der Waals surface area contributed by atoms with Gasteiger partial charge in [0.1, 0.15) is 5.69 Å². The van der Waals surface area contributed by atoms with Crippen molar-refractivity contribution in [2.45, 2.75) is 53.0 Å². The number of aryl methyl sites for hydroxylation is 3. The molecule has 1 aromatic heterocycles. The highest BCUT2D eigenvalue weighted by molar-refractivity contribution is 7.90. The minimum atomic E-state index is -4.36. The Balaban J connectivity index is 2.02. The van der Waals surface area contributed by atoms with Crippen molar-refractivity contribution in [3.05, 3.63) is 92.3 Å². The van der Waals surface area contributed by atoms with E-state index in [0.717, 1.165) is 28.3 Å². The summed E-state index contributed by atoms with van der Waals surface area (Å²) in [6.45, 7) is 12.3. The molecule has 1 N–H and O–H groups in total. The summed E-state index contributed by atoms with van der Waals surface area (Å²) < 4.78 is 29.3. The van der Waals surface area contributed by atoms with E-state index in [1.165, 1.54) is 28.9 Å². The molecule has 0 aliphatic rings. The minimum absolute atomic E-state index is 0.0527. The molecule has 0 atom stereocenters. The molecule has 1 heterocycles. The summed E-state index contributed by atoms with van der Waals surface area (Å²) in [6, 6.07) is 10.1. The second-order valence-electron chi connectivity index (χ2n) is 9.88. The van der Waals surface area contributed by atoms with Crippen LogP contribution in [-0.2, 0) is 16.6 Å². The summed E-state index contributed by atoms with van der Waals surface area (Å²) >= 11 is 0. The van der Waals surface area contributed by atoms with Gasteiger partial charge in [-0.3, -0.25) is 19.6 Å². The molecule has 2 aromatic carbocycles. The van der Waals surface area contributed by atoms with E-state index in [4.69, 9.17) is 0 Å². The van der Waals surface area contributed by atoms with Gasteiger partial charge in [0.2, 0.25) is 0 Å². The van der Waals surface area contributed by atoms with Crippen LogP contribution in [0.2, 0.25) is 0 Å². The van der Waals surface area contributed by atoms with Crippen molar-refractivity contribution in [1.82, 2.24) is 14.5 Å². The van der Waals surface area contributed by atoms with Crippen LogP contribution in [0.25, 0.3) is 6.08 Å².